The number of carbonyl (C=O) groups is 3. The number of nitrogens with one attached hydrogen (secondary N) is 1. The number of likely N-dealkylation sites (tertiary alicyclic amines) is 1. The molecule has 3 amide bonds. The molecule has 1 unspecified atom stereocenters. The van der Waals surface area contributed by atoms with E-state index >= 15 is 0 Å². The van der Waals surface area contributed by atoms with Crippen molar-refractivity contribution in [2.24, 2.45) is 5.41 Å². The number of benzene rings is 2. The smallest absolute Gasteiger partial charge is 0.255 e. The van der Waals surface area contributed by atoms with Gasteiger partial charge in [0.2, 0.25) is 11.8 Å². The summed E-state index contributed by atoms with van der Waals surface area (Å²) in [4.78, 5) is 42.3. The summed E-state index contributed by atoms with van der Waals surface area (Å²) in [6.07, 6.45) is 9.90. The van der Waals surface area contributed by atoms with Crippen molar-refractivity contribution in [2.75, 3.05) is 19.6 Å². The lowest BCUT2D eigenvalue weighted by Crippen LogP contribution is -2.52. The molecule has 2 saturated heterocycles. The second kappa shape index (κ2) is 10.9. The van der Waals surface area contributed by atoms with E-state index in [0.29, 0.717) is 29.2 Å². The highest BCUT2D eigenvalue weighted by Crippen LogP contribution is 2.52. The van der Waals surface area contributed by atoms with Gasteiger partial charge in [0.05, 0.1) is 0 Å². The lowest BCUT2D eigenvalue weighted by atomic mass is 9.69. The Bertz CT molecular complexity index is 1430. The number of amides is 3. The molecule has 1 atom stereocenters. The molecule has 1 spiro atoms. The van der Waals surface area contributed by atoms with Crippen molar-refractivity contribution in [3.63, 3.8) is 0 Å². The number of rotatable bonds is 6. The fourth-order valence-electron chi connectivity index (χ4n) is 7.73. The second-order valence-corrected chi connectivity index (χ2v) is 14.4. The molecule has 0 radical (unpaired) electrons. The number of nitrogens with zero attached hydrogens (tertiary/aromatic N) is 2. The molecule has 2 aliphatic carbocycles. The van der Waals surface area contributed by atoms with Gasteiger partial charge in [0, 0.05) is 53.3 Å². The summed E-state index contributed by atoms with van der Waals surface area (Å²) in [6, 6.07) is 13.9. The zero-order chi connectivity index (χ0) is 28.1. The first-order chi connectivity index (χ1) is 19.9. The molecule has 1 saturated carbocycles. The molecule has 0 aromatic heterocycles. The van der Waals surface area contributed by atoms with Crippen LogP contribution in [0.25, 0.3) is 5.57 Å². The van der Waals surface area contributed by atoms with Crippen LogP contribution in [-0.2, 0) is 16.1 Å². The standard InChI is InChI=1S/C33H36ClN3O3S/c34-24-5-3-21(4-6-24)27-11-14-33(12-1-2-13-33)16-23(27)17-36-19-26(20-36)41-25-7-8-28-22(15-25)18-37(32(28)40)29-9-10-30(38)35-31(29)39/h3-8,15,26,29H,1-2,9-14,16-20H2,(H,35,38,39). The highest BCUT2D eigenvalue weighted by molar-refractivity contribution is 8.00. The van der Waals surface area contributed by atoms with Gasteiger partial charge in [0.15, 0.2) is 0 Å². The first-order valence-corrected chi connectivity index (χ1v) is 16.3. The van der Waals surface area contributed by atoms with E-state index in [4.69, 9.17) is 11.6 Å². The van der Waals surface area contributed by atoms with Crippen molar-refractivity contribution < 1.29 is 14.4 Å². The van der Waals surface area contributed by atoms with Crippen LogP contribution in [0.5, 0.6) is 0 Å². The number of thioether (sulfide) groups is 1. The lowest BCUT2D eigenvalue weighted by molar-refractivity contribution is -0.136. The molecule has 3 aliphatic heterocycles. The van der Waals surface area contributed by atoms with Gasteiger partial charge in [-0.15, -0.1) is 11.8 Å². The van der Waals surface area contributed by atoms with Crippen molar-refractivity contribution in [1.29, 1.82) is 0 Å². The quantitative estimate of drug-likeness (QED) is 0.414. The first-order valence-electron chi connectivity index (χ1n) is 15.0. The summed E-state index contributed by atoms with van der Waals surface area (Å²) >= 11 is 8.10. The van der Waals surface area contributed by atoms with Gasteiger partial charge in [-0.05, 0) is 91.0 Å². The third-order valence-electron chi connectivity index (χ3n) is 9.91. The number of fused-ring (bicyclic) bond motifs is 1. The SMILES string of the molecule is O=C1CCC(N2Cc3cc(SC4CN(CC5=C(c6ccc(Cl)cc6)CCC6(CCCC6)C5)C4)ccc3C2=O)C(=O)N1. The Kier molecular flexibility index (Phi) is 7.24. The normalized spacial score (nSPS) is 24.7. The molecule has 0 bridgehead atoms. The molecule has 7 rings (SSSR count). The van der Waals surface area contributed by atoms with E-state index in [1.807, 2.05) is 36.0 Å². The van der Waals surface area contributed by atoms with Gasteiger partial charge < -0.3 is 4.90 Å². The maximum absolute atomic E-state index is 13.0. The van der Waals surface area contributed by atoms with Gasteiger partial charge in [0.25, 0.3) is 5.91 Å². The topological polar surface area (TPSA) is 69.7 Å². The number of hydrogen-bond acceptors (Lipinski definition) is 5. The highest BCUT2D eigenvalue weighted by atomic mass is 35.5. The van der Waals surface area contributed by atoms with Crippen molar-refractivity contribution in [2.45, 2.75) is 80.5 Å². The Morgan fingerprint density at radius 3 is 2.51 bits per heavy atom. The van der Waals surface area contributed by atoms with Crippen molar-refractivity contribution in [1.82, 2.24) is 15.1 Å². The monoisotopic (exact) mass is 589 g/mol. The Balaban J connectivity index is 0.995. The molecular formula is C33H36ClN3O3S. The summed E-state index contributed by atoms with van der Waals surface area (Å²) in [5.74, 6) is -0.737. The van der Waals surface area contributed by atoms with Gasteiger partial charge in [-0.1, -0.05) is 42.1 Å². The van der Waals surface area contributed by atoms with Gasteiger partial charge >= 0.3 is 0 Å². The van der Waals surface area contributed by atoms with Gasteiger partial charge in [-0.2, -0.15) is 0 Å². The van der Waals surface area contributed by atoms with Gasteiger partial charge in [0.1, 0.15) is 6.04 Å². The predicted octanol–water partition coefficient (Wildman–Crippen LogP) is 6.08. The minimum Gasteiger partial charge on any atom is -0.322 e. The van der Waals surface area contributed by atoms with E-state index < -0.39 is 6.04 Å². The number of halogens is 1. The number of carbonyl (C=O) groups excluding carboxylic acids is 3. The first kappa shape index (κ1) is 27.2. The highest BCUT2D eigenvalue weighted by Gasteiger charge is 2.41. The molecule has 41 heavy (non-hydrogen) atoms. The molecule has 3 fully saturated rings. The van der Waals surface area contributed by atoms with E-state index in [1.165, 1.54) is 55.4 Å². The number of imide groups is 1. The van der Waals surface area contributed by atoms with Crippen molar-refractivity contribution in [3.8, 4) is 0 Å². The van der Waals surface area contributed by atoms with Crippen LogP contribution < -0.4 is 5.32 Å². The van der Waals surface area contributed by atoms with Crippen LogP contribution in [0.3, 0.4) is 0 Å². The van der Waals surface area contributed by atoms with Crippen LogP contribution in [-0.4, -0.2) is 58.4 Å². The molecule has 1 N–H and O–H groups in total. The molecule has 5 aliphatic rings. The number of hydrogen-bond donors (Lipinski definition) is 1. The van der Waals surface area contributed by atoms with Crippen molar-refractivity contribution in [3.05, 3.63) is 69.8 Å². The van der Waals surface area contributed by atoms with Crippen LogP contribution in [0.15, 0.2) is 52.9 Å². The number of allylic oxidation sites excluding steroid dienone is 1. The Morgan fingerprint density at radius 1 is 0.976 bits per heavy atom. The summed E-state index contributed by atoms with van der Waals surface area (Å²) in [5.41, 5.74) is 6.68. The third-order valence-corrected chi connectivity index (χ3v) is 11.3. The largest absolute Gasteiger partial charge is 0.322 e. The summed E-state index contributed by atoms with van der Waals surface area (Å²) in [7, 11) is 0. The summed E-state index contributed by atoms with van der Waals surface area (Å²) < 4.78 is 0. The van der Waals surface area contributed by atoms with Crippen LogP contribution in [0.4, 0.5) is 0 Å². The fraction of sp³-hybridized carbons (Fsp3) is 0.485. The predicted molar refractivity (Wildman–Crippen MR) is 162 cm³/mol. The second-order valence-electron chi connectivity index (χ2n) is 12.6. The van der Waals surface area contributed by atoms with Crippen LogP contribution in [0.1, 0.15) is 79.3 Å². The van der Waals surface area contributed by atoms with Crippen LogP contribution >= 0.6 is 23.4 Å². The van der Waals surface area contributed by atoms with E-state index in [-0.39, 0.29) is 24.1 Å². The minimum absolute atomic E-state index is 0.113. The zero-order valence-electron chi connectivity index (χ0n) is 23.3. The molecule has 3 heterocycles. The average Bonchev–Trinajstić information content (AvgIpc) is 3.52. The van der Waals surface area contributed by atoms with E-state index in [0.717, 1.165) is 30.2 Å². The van der Waals surface area contributed by atoms with Crippen LogP contribution in [0, 0.1) is 5.41 Å². The molecule has 214 valence electrons. The van der Waals surface area contributed by atoms with E-state index in [9.17, 15) is 14.4 Å². The fourth-order valence-corrected chi connectivity index (χ4v) is 9.17. The molecule has 2 aromatic rings. The Morgan fingerprint density at radius 2 is 1.76 bits per heavy atom. The lowest BCUT2D eigenvalue weighted by Gasteiger charge is -2.43. The maximum atomic E-state index is 13.0. The Labute approximate surface area is 250 Å². The van der Waals surface area contributed by atoms with E-state index in [1.54, 1.807) is 16.0 Å². The summed E-state index contributed by atoms with van der Waals surface area (Å²) in [6.45, 7) is 3.60. The van der Waals surface area contributed by atoms with Gasteiger partial charge in [-0.3, -0.25) is 24.6 Å². The Hall–Kier alpha value is -2.61. The minimum atomic E-state index is -0.570. The zero-order valence-corrected chi connectivity index (χ0v) is 24.9. The molecule has 2 aromatic carbocycles. The maximum Gasteiger partial charge on any atom is 0.255 e. The van der Waals surface area contributed by atoms with Gasteiger partial charge in [-0.25, -0.2) is 0 Å². The van der Waals surface area contributed by atoms with Crippen LogP contribution in [0.2, 0.25) is 5.02 Å². The third kappa shape index (κ3) is 5.37. The molecule has 6 nitrogen and oxygen atoms in total. The molecule has 8 heteroatoms. The average molecular weight is 590 g/mol. The summed E-state index contributed by atoms with van der Waals surface area (Å²) in [5, 5.41) is 3.70. The van der Waals surface area contributed by atoms with Crippen molar-refractivity contribution >= 4 is 46.7 Å². The number of piperidine rings is 1. The van der Waals surface area contributed by atoms with E-state index in [2.05, 4.69) is 28.4 Å². The molecular weight excluding hydrogens is 554 g/mol.